The highest BCUT2D eigenvalue weighted by Crippen LogP contribution is 2.28. The summed E-state index contributed by atoms with van der Waals surface area (Å²) in [4.78, 5) is 13.5. The lowest BCUT2D eigenvalue weighted by Crippen LogP contribution is -2.02. The first-order valence-corrected chi connectivity index (χ1v) is 4.34. The number of hydrogen-bond donors (Lipinski definition) is 2. The van der Waals surface area contributed by atoms with Crippen LogP contribution in [0.4, 0.5) is 4.39 Å². The number of nitrogens with one attached hydrogen (secondary N) is 1. The second kappa shape index (κ2) is 3.57. The zero-order chi connectivity index (χ0) is 10.8. The summed E-state index contributed by atoms with van der Waals surface area (Å²) in [5.41, 5.74) is 0.494. The van der Waals surface area contributed by atoms with Crippen LogP contribution in [0.1, 0.15) is 0 Å². The smallest absolute Gasteiger partial charge is 0.248 e. The van der Waals surface area contributed by atoms with Gasteiger partial charge in [-0.25, -0.2) is 4.39 Å². The summed E-state index contributed by atoms with van der Waals surface area (Å²) in [6.45, 7) is 0. The standard InChI is InChI=1S/C11H8FNO2/c12-8-1-2-10(14)9(6-8)7-3-4-13-11(15)5-7/h1-6,14H,(H,13,15). The Bertz CT molecular complexity index is 548. The van der Waals surface area contributed by atoms with Crippen molar-refractivity contribution in [2.24, 2.45) is 0 Å². The number of aromatic amines is 1. The molecule has 0 radical (unpaired) electrons. The number of halogens is 1. The first-order valence-electron chi connectivity index (χ1n) is 4.34. The van der Waals surface area contributed by atoms with E-state index in [1.165, 1.54) is 24.4 Å². The summed E-state index contributed by atoms with van der Waals surface area (Å²) in [5.74, 6) is -0.509. The van der Waals surface area contributed by atoms with Crippen molar-refractivity contribution in [3.8, 4) is 16.9 Å². The topological polar surface area (TPSA) is 53.1 Å². The van der Waals surface area contributed by atoms with E-state index in [1.807, 2.05) is 0 Å². The summed E-state index contributed by atoms with van der Waals surface area (Å²) in [6.07, 6.45) is 1.45. The molecule has 0 unspecified atom stereocenters. The predicted molar refractivity (Wildman–Crippen MR) is 54.1 cm³/mol. The minimum absolute atomic E-state index is 0.0537. The van der Waals surface area contributed by atoms with E-state index in [0.717, 1.165) is 6.07 Å². The highest BCUT2D eigenvalue weighted by molar-refractivity contribution is 5.69. The van der Waals surface area contributed by atoms with E-state index in [9.17, 15) is 14.3 Å². The van der Waals surface area contributed by atoms with E-state index in [2.05, 4.69) is 4.98 Å². The van der Waals surface area contributed by atoms with Crippen LogP contribution in [-0.2, 0) is 0 Å². The minimum Gasteiger partial charge on any atom is -0.507 e. The second-order valence-corrected chi connectivity index (χ2v) is 3.10. The Hall–Kier alpha value is -2.10. The van der Waals surface area contributed by atoms with E-state index >= 15 is 0 Å². The molecule has 1 aromatic carbocycles. The van der Waals surface area contributed by atoms with Gasteiger partial charge in [-0.15, -0.1) is 0 Å². The molecule has 1 heterocycles. The van der Waals surface area contributed by atoms with E-state index in [0.29, 0.717) is 11.1 Å². The highest BCUT2D eigenvalue weighted by atomic mass is 19.1. The van der Waals surface area contributed by atoms with Crippen LogP contribution in [0.5, 0.6) is 5.75 Å². The maximum atomic E-state index is 12.9. The van der Waals surface area contributed by atoms with Crippen LogP contribution in [0.15, 0.2) is 41.3 Å². The molecule has 2 rings (SSSR count). The molecular weight excluding hydrogens is 197 g/mol. The monoisotopic (exact) mass is 205 g/mol. The Balaban J connectivity index is 2.63. The van der Waals surface area contributed by atoms with Gasteiger partial charge in [-0.3, -0.25) is 4.79 Å². The molecule has 0 aliphatic carbocycles. The predicted octanol–water partition coefficient (Wildman–Crippen LogP) is 1.89. The van der Waals surface area contributed by atoms with Crippen LogP contribution in [-0.4, -0.2) is 10.1 Å². The number of phenolic OH excluding ortho intramolecular Hbond substituents is 1. The number of aromatic hydroxyl groups is 1. The lowest BCUT2D eigenvalue weighted by Gasteiger charge is -2.03. The van der Waals surface area contributed by atoms with Gasteiger partial charge < -0.3 is 10.1 Å². The van der Waals surface area contributed by atoms with Gasteiger partial charge in [0, 0.05) is 17.8 Å². The molecule has 2 N–H and O–H groups in total. The van der Waals surface area contributed by atoms with E-state index in [4.69, 9.17) is 0 Å². The third kappa shape index (κ3) is 1.88. The van der Waals surface area contributed by atoms with Gasteiger partial charge in [0.2, 0.25) is 5.56 Å². The van der Waals surface area contributed by atoms with Gasteiger partial charge in [-0.2, -0.15) is 0 Å². The van der Waals surface area contributed by atoms with Gasteiger partial charge in [0.25, 0.3) is 0 Å². The summed E-state index contributed by atoms with van der Waals surface area (Å²) >= 11 is 0. The molecule has 76 valence electrons. The Kier molecular flexibility index (Phi) is 2.25. The number of H-pyrrole nitrogens is 1. The van der Waals surface area contributed by atoms with Crippen molar-refractivity contribution < 1.29 is 9.50 Å². The minimum atomic E-state index is -0.455. The first-order chi connectivity index (χ1) is 7.16. The third-order valence-electron chi connectivity index (χ3n) is 2.04. The molecule has 0 fully saturated rings. The molecule has 0 bridgehead atoms. The Morgan fingerprint density at radius 2 is 2.00 bits per heavy atom. The lowest BCUT2D eigenvalue weighted by atomic mass is 10.1. The van der Waals surface area contributed by atoms with Crippen molar-refractivity contribution in [1.29, 1.82) is 0 Å². The van der Waals surface area contributed by atoms with Gasteiger partial charge in [0.1, 0.15) is 11.6 Å². The van der Waals surface area contributed by atoms with Gasteiger partial charge in [-0.1, -0.05) is 0 Å². The number of hydrogen-bond acceptors (Lipinski definition) is 2. The summed E-state index contributed by atoms with van der Waals surface area (Å²) < 4.78 is 12.9. The number of rotatable bonds is 1. The number of phenols is 1. The highest BCUT2D eigenvalue weighted by Gasteiger charge is 2.05. The Morgan fingerprint density at radius 1 is 1.20 bits per heavy atom. The molecule has 3 nitrogen and oxygen atoms in total. The fourth-order valence-electron chi connectivity index (χ4n) is 1.35. The van der Waals surface area contributed by atoms with Crippen LogP contribution in [0.25, 0.3) is 11.1 Å². The molecule has 0 saturated carbocycles. The number of pyridine rings is 1. The summed E-state index contributed by atoms with van der Waals surface area (Å²) in [7, 11) is 0. The van der Waals surface area contributed by atoms with E-state index in [1.54, 1.807) is 6.07 Å². The normalized spacial score (nSPS) is 10.2. The molecule has 4 heteroatoms. The lowest BCUT2D eigenvalue weighted by molar-refractivity contribution is 0.475. The summed E-state index contributed by atoms with van der Waals surface area (Å²) in [6, 6.07) is 6.49. The molecule has 1 aromatic heterocycles. The maximum Gasteiger partial charge on any atom is 0.248 e. The SMILES string of the molecule is O=c1cc(-c2cc(F)ccc2O)cc[nH]1. The Labute approximate surface area is 84.8 Å². The Morgan fingerprint density at radius 3 is 2.73 bits per heavy atom. The van der Waals surface area contributed by atoms with Crippen molar-refractivity contribution >= 4 is 0 Å². The van der Waals surface area contributed by atoms with Crippen LogP contribution in [0.2, 0.25) is 0 Å². The van der Waals surface area contributed by atoms with Crippen molar-refractivity contribution in [3.63, 3.8) is 0 Å². The van der Waals surface area contributed by atoms with Crippen molar-refractivity contribution in [2.45, 2.75) is 0 Å². The van der Waals surface area contributed by atoms with Crippen LogP contribution in [0.3, 0.4) is 0 Å². The molecule has 0 aliphatic heterocycles. The molecule has 0 amide bonds. The number of aromatic nitrogens is 1. The van der Waals surface area contributed by atoms with Gasteiger partial charge in [0.15, 0.2) is 0 Å². The van der Waals surface area contributed by atoms with E-state index in [-0.39, 0.29) is 11.3 Å². The molecule has 0 spiro atoms. The molecule has 0 aliphatic rings. The second-order valence-electron chi connectivity index (χ2n) is 3.10. The zero-order valence-corrected chi connectivity index (χ0v) is 7.70. The third-order valence-corrected chi connectivity index (χ3v) is 2.04. The van der Waals surface area contributed by atoms with Gasteiger partial charge >= 0.3 is 0 Å². The van der Waals surface area contributed by atoms with Crippen LogP contribution >= 0.6 is 0 Å². The molecule has 2 aromatic rings. The van der Waals surface area contributed by atoms with E-state index < -0.39 is 5.82 Å². The maximum absolute atomic E-state index is 12.9. The van der Waals surface area contributed by atoms with Crippen LogP contribution < -0.4 is 5.56 Å². The molecular formula is C11H8FNO2. The molecule has 0 saturated heterocycles. The average Bonchev–Trinajstić information content (AvgIpc) is 2.22. The molecule has 0 atom stereocenters. The van der Waals surface area contributed by atoms with Crippen LogP contribution in [0, 0.1) is 5.82 Å². The largest absolute Gasteiger partial charge is 0.507 e. The summed E-state index contributed by atoms with van der Waals surface area (Å²) in [5, 5.41) is 9.50. The fourth-order valence-corrected chi connectivity index (χ4v) is 1.35. The first kappa shape index (κ1) is 9.45. The number of benzene rings is 1. The van der Waals surface area contributed by atoms with Crippen molar-refractivity contribution in [1.82, 2.24) is 4.98 Å². The fraction of sp³-hybridized carbons (Fsp3) is 0. The zero-order valence-electron chi connectivity index (χ0n) is 7.70. The average molecular weight is 205 g/mol. The van der Waals surface area contributed by atoms with Crippen molar-refractivity contribution in [3.05, 3.63) is 52.7 Å². The van der Waals surface area contributed by atoms with Gasteiger partial charge in [-0.05, 0) is 29.8 Å². The quantitative estimate of drug-likeness (QED) is 0.746. The van der Waals surface area contributed by atoms with Crippen molar-refractivity contribution in [2.75, 3.05) is 0 Å². The molecule has 15 heavy (non-hydrogen) atoms. The van der Waals surface area contributed by atoms with Gasteiger partial charge in [0.05, 0.1) is 0 Å².